The third-order valence-corrected chi connectivity index (χ3v) is 5.96. The highest BCUT2D eigenvalue weighted by molar-refractivity contribution is 6.02. The van der Waals surface area contributed by atoms with Gasteiger partial charge in [0.15, 0.2) is 11.5 Å². The molecule has 0 saturated carbocycles. The van der Waals surface area contributed by atoms with Gasteiger partial charge in [-0.15, -0.1) is 0 Å². The molecular formula is C26H22N4O6. The van der Waals surface area contributed by atoms with Gasteiger partial charge in [-0.1, -0.05) is 12.1 Å². The van der Waals surface area contributed by atoms with Crippen LogP contribution < -0.4 is 10.2 Å². The molecule has 1 saturated heterocycles. The number of carbonyl (C=O) groups is 2. The van der Waals surface area contributed by atoms with Gasteiger partial charge in [-0.2, -0.15) is 0 Å². The molecule has 0 radical (unpaired) electrons. The Morgan fingerprint density at radius 1 is 0.889 bits per heavy atom. The second-order valence-electron chi connectivity index (χ2n) is 8.23. The molecule has 3 heterocycles. The van der Waals surface area contributed by atoms with Crippen LogP contribution in [0.2, 0.25) is 0 Å². The SMILES string of the molecule is O=C(Nc1ccc(N2CCN(C(=O)c3ccco3)CC2)cc1)c1ccc(-c2cccc([N+](=O)[O-])c2)o1. The van der Waals surface area contributed by atoms with Gasteiger partial charge in [0.1, 0.15) is 5.76 Å². The lowest BCUT2D eigenvalue weighted by molar-refractivity contribution is -0.384. The fourth-order valence-electron chi connectivity index (χ4n) is 4.06. The van der Waals surface area contributed by atoms with Crippen molar-refractivity contribution in [2.75, 3.05) is 36.4 Å². The third-order valence-electron chi connectivity index (χ3n) is 5.96. The van der Waals surface area contributed by atoms with Crippen molar-refractivity contribution in [3.8, 4) is 11.3 Å². The molecule has 10 heteroatoms. The van der Waals surface area contributed by atoms with Gasteiger partial charge in [-0.25, -0.2) is 0 Å². The number of hydrogen-bond acceptors (Lipinski definition) is 7. The Morgan fingerprint density at radius 2 is 1.67 bits per heavy atom. The largest absolute Gasteiger partial charge is 0.459 e. The highest BCUT2D eigenvalue weighted by atomic mass is 16.6. The van der Waals surface area contributed by atoms with Crippen LogP contribution in [0.5, 0.6) is 0 Å². The summed E-state index contributed by atoms with van der Waals surface area (Å²) >= 11 is 0. The Kier molecular flexibility index (Phi) is 6.23. The summed E-state index contributed by atoms with van der Waals surface area (Å²) in [5.41, 5.74) is 2.05. The summed E-state index contributed by atoms with van der Waals surface area (Å²) in [7, 11) is 0. The first-order chi connectivity index (χ1) is 17.5. The zero-order valence-electron chi connectivity index (χ0n) is 19.1. The number of piperazine rings is 1. The van der Waals surface area contributed by atoms with Gasteiger partial charge in [-0.05, 0) is 48.5 Å². The van der Waals surface area contributed by atoms with Crippen molar-refractivity contribution >= 4 is 28.9 Å². The molecule has 10 nitrogen and oxygen atoms in total. The molecule has 0 unspecified atom stereocenters. The number of furan rings is 2. The maximum atomic E-state index is 12.6. The van der Waals surface area contributed by atoms with Crippen LogP contribution in [0, 0.1) is 10.1 Å². The van der Waals surface area contributed by atoms with Crippen molar-refractivity contribution in [1.29, 1.82) is 0 Å². The van der Waals surface area contributed by atoms with E-state index in [2.05, 4.69) is 10.2 Å². The molecule has 182 valence electrons. The standard InChI is InChI=1S/C26H22N4O6/c31-25(23-11-10-22(36-23)18-3-1-4-21(17-18)30(33)34)27-19-6-8-20(9-7-19)28-12-14-29(15-13-28)26(32)24-5-2-16-35-24/h1-11,16-17H,12-15H2,(H,27,31). The van der Waals surface area contributed by atoms with E-state index < -0.39 is 10.8 Å². The second-order valence-corrected chi connectivity index (χ2v) is 8.23. The zero-order chi connectivity index (χ0) is 25.1. The van der Waals surface area contributed by atoms with Crippen molar-refractivity contribution in [2.45, 2.75) is 0 Å². The molecule has 0 atom stereocenters. The Hall–Kier alpha value is -4.86. The van der Waals surface area contributed by atoms with Crippen LogP contribution in [0.25, 0.3) is 11.3 Å². The van der Waals surface area contributed by atoms with Gasteiger partial charge >= 0.3 is 0 Å². The first-order valence-electron chi connectivity index (χ1n) is 11.3. The smallest absolute Gasteiger partial charge is 0.291 e. The van der Waals surface area contributed by atoms with Crippen LogP contribution in [0.4, 0.5) is 17.1 Å². The number of carbonyl (C=O) groups excluding carboxylic acids is 2. The Labute approximate surface area is 205 Å². The molecule has 2 amide bonds. The fraction of sp³-hybridized carbons (Fsp3) is 0.154. The van der Waals surface area contributed by atoms with Gasteiger partial charge in [0.05, 0.1) is 11.2 Å². The van der Waals surface area contributed by atoms with Crippen LogP contribution in [0.3, 0.4) is 0 Å². The summed E-state index contributed by atoms with van der Waals surface area (Å²) in [4.78, 5) is 39.5. The summed E-state index contributed by atoms with van der Waals surface area (Å²) in [6.45, 7) is 2.54. The van der Waals surface area contributed by atoms with Crippen molar-refractivity contribution in [3.63, 3.8) is 0 Å². The van der Waals surface area contributed by atoms with E-state index in [1.165, 1.54) is 24.5 Å². The van der Waals surface area contributed by atoms with E-state index in [0.717, 1.165) is 5.69 Å². The van der Waals surface area contributed by atoms with Crippen molar-refractivity contribution in [2.24, 2.45) is 0 Å². The van der Waals surface area contributed by atoms with Crippen molar-refractivity contribution in [3.05, 3.63) is 101 Å². The Bertz CT molecular complexity index is 1390. The molecule has 4 aromatic rings. The fourth-order valence-corrected chi connectivity index (χ4v) is 4.06. The van der Waals surface area contributed by atoms with Gasteiger partial charge in [0.2, 0.25) is 0 Å². The minimum absolute atomic E-state index is 0.0551. The highest BCUT2D eigenvalue weighted by Crippen LogP contribution is 2.26. The number of anilines is 2. The summed E-state index contributed by atoms with van der Waals surface area (Å²) in [6.07, 6.45) is 1.49. The van der Waals surface area contributed by atoms with Crippen LogP contribution in [-0.2, 0) is 0 Å². The van der Waals surface area contributed by atoms with E-state index in [-0.39, 0.29) is 17.4 Å². The normalized spacial score (nSPS) is 13.4. The lowest BCUT2D eigenvalue weighted by Gasteiger charge is -2.35. The van der Waals surface area contributed by atoms with Crippen LogP contribution in [0.1, 0.15) is 21.1 Å². The lowest BCUT2D eigenvalue weighted by atomic mass is 10.1. The quantitative estimate of drug-likeness (QED) is 0.311. The number of benzene rings is 2. The van der Waals surface area contributed by atoms with Crippen LogP contribution >= 0.6 is 0 Å². The average molecular weight is 486 g/mol. The number of rotatable bonds is 6. The third kappa shape index (κ3) is 4.83. The monoisotopic (exact) mass is 486 g/mol. The predicted octanol–water partition coefficient (Wildman–Crippen LogP) is 4.66. The molecule has 0 spiro atoms. The maximum absolute atomic E-state index is 12.6. The van der Waals surface area contributed by atoms with Gasteiger partial charge in [0, 0.05) is 55.2 Å². The number of nitrogens with zero attached hydrogens (tertiary/aromatic N) is 3. The summed E-state index contributed by atoms with van der Waals surface area (Å²) in [5, 5.41) is 13.8. The minimum atomic E-state index is -0.482. The molecule has 2 aromatic carbocycles. The molecule has 1 aliphatic rings. The van der Waals surface area contributed by atoms with Crippen molar-refractivity contribution < 1.29 is 23.3 Å². The summed E-state index contributed by atoms with van der Waals surface area (Å²) in [5.74, 6) is 0.271. The molecule has 1 fully saturated rings. The van der Waals surface area contributed by atoms with E-state index in [1.54, 1.807) is 47.4 Å². The van der Waals surface area contributed by atoms with E-state index in [1.807, 2.05) is 12.1 Å². The molecule has 5 rings (SSSR count). The number of amides is 2. The molecule has 36 heavy (non-hydrogen) atoms. The van der Waals surface area contributed by atoms with Crippen LogP contribution in [-0.4, -0.2) is 47.8 Å². The van der Waals surface area contributed by atoms with Gasteiger partial charge in [0.25, 0.3) is 17.5 Å². The minimum Gasteiger partial charge on any atom is -0.459 e. The van der Waals surface area contributed by atoms with Crippen LogP contribution in [0.15, 0.2) is 87.9 Å². The number of nitrogens with one attached hydrogen (secondary N) is 1. The summed E-state index contributed by atoms with van der Waals surface area (Å²) in [6, 6.07) is 20.0. The zero-order valence-corrected chi connectivity index (χ0v) is 19.1. The van der Waals surface area contributed by atoms with E-state index in [9.17, 15) is 19.7 Å². The number of non-ortho nitro benzene ring substituents is 1. The highest BCUT2D eigenvalue weighted by Gasteiger charge is 2.24. The van der Waals surface area contributed by atoms with E-state index in [0.29, 0.717) is 49.0 Å². The molecule has 2 aromatic heterocycles. The Balaban J connectivity index is 1.18. The average Bonchev–Trinajstić information content (AvgIpc) is 3.62. The molecule has 1 aliphatic heterocycles. The van der Waals surface area contributed by atoms with E-state index in [4.69, 9.17) is 8.83 Å². The molecular weight excluding hydrogens is 464 g/mol. The molecule has 0 aliphatic carbocycles. The number of nitro groups is 1. The van der Waals surface area contributed by atoms with Gasteiger partial charge < -0.3 is 24.0 Å². The first kappa shape index (κ1) is 22.9. The maximum Gasteiger partial charge on any atom is 0.291 e. The second kappa shape index (κ2) is 9.79. The topological polar surface area (TPSA) is 122 Å². The Morgan fingerprint density at radius 3 is 2.36 bits per heavy atom. The molecule has 1 N–H and O–H groups in total. The lowest BCUT2D eigenvalue weighted by Crippen LogP contribution is -2.48. The first-order valence-corrected chi connectivity index (χ1v) is 11.3. The van der Waals surface area contributed by atoms with E-state index >= 15 is 0 Å². The summed E-state index contributed by atoms with van der Waals surface area (Å²) < 4.78 is 10.8. The van der Waals surface area contributed by atoms with Gasteiger partial charge in [-0.3, -0.25) is 19.7 Å². The number of hydrogen-bond donors (Lipinski definition) is 1. The number of nitro benzene ring substituents is 1. The van der Waals surface area contributed by atoms with Crippen molar-refractivity contribution in [1.82, 2.24) is 4.90 Å². The predicted molar refractivity (Wildman–Crippen MR) is 132 cm³/mol. The molecule has 0 bridgehead atoms.